The fourth-order valence-corrected chi connectivity index (χ4v) is 3.50. The summed E-state index contributed by atoms with van der Waals surface area (Å²) in [6.07, 6.45) is 0. The van der Waals surface area contributed by atoms with E-state index in [0.29, 0.717) is 16.3 Å². The molecule has 1 atom stereocenters. The number of esters is 1. The number of halogens is 1. The molecule has 2 aromatic rings. The van der Waals surface area contributed by atoms with Crippen LogP contribution >= 0.6 is 11.6 Å². The smallest absolute Gasteiger partial charge is 0.357 e. The number of aryl methyl sites for hydroxylation is 1. The van der Waals surface area contributed by atoms with Gasteiger partial charge in [-0.15, -0.1) is 0 Å². The summed E-state index contributed by atoms with van der Waals surface area (Å²) < 4.78 is 36.9. The zero-order valence-corrected chi connectivity index (χ0v) is 18.0. The average Bonchev–Trinajstić information content (AvgIpc) is 3.03. The topological polar surface area (TPSA) is 138 Å². The van der Waals surface area contributed by atoms with Crippen LogP contribution < -0.4 is 5.01 Å². The lowest BCUT2D eigenvalue weighted by atomic mass is 10.1. The first-order chi connectivity index (χ1) is 14.6. The Balaban J connectivity index is 2.01. The monoisotopic (exact) mass is 464 g/mol. The second-order valence-corrected chi connectivity index (χ2v) is 8.18. The van der Waals surface area contributed by atoms with E-state index in [0.717, 1.165) is 11.1 Å². The number of hydrazone groups is 1. The summed E-state index contributed by atoms with van der Waals surface area (Å²) in [5, 5.41) is 13.2. The van der Waals surface area contributed by atoms with Crippen molar-refractivity contribution in [2.75, 3.05) is 11.6 Å². The maximum Gasteiger partial charge on any atom is 0.357 e. The third kappa shape index (κ3) is 4.79. The predicted octanol–water partition coefficient (Wildman–Crippen LogP) is 3.31. The van der Waals surface area contributed by atoms with E-state index in [-0.39, 0.29) is 22.9 Å². The summed E-state index contributed by atoms with van der Waals surface area (Å²) in [6, 6.07) is 8.77. The number of azo groups is 1. The maximum absolute atomic E-state index is 13.0. The molecule has 0 aromatic heterocycles. The second kappa shape index (κ2) is 8.92. The van der Waals surface area contributed by atoms with Crippen molar-refractivity contribution in [2.24, 2.45) is 15.3 Å². The average molecular weight is 465 g/mol. The summed E-state index contributed by atoms with van der Waals surface area (Å²) in [7, 11) is -4.42. The van der Waals surface area contributed by atoms with Crippen molar-refractivity contribution in [3.05, 3.63) is 53.1 Å². The fourth-order valence-electron chi connectivity index (χ4n) is 2.76. The van der Waals surface area contributed by atoms with Crippen molar-refractivity contribution < 1.29 is 27.3 Å². The first-order valence-corrected chi connectivity index (χ1v) is 10.8. The molecule has 1 unspecified atom stereocenters. The zero-order valence-electron chi connectivity index (χ0n) is 16.4. The van der Waals surface area contributed by atoms with Crippen LogP contribution in [0.1, 0.15) is 12.5 Å². The van der Waals surface area contributed by atoms with Crippen molar-refractivity contribution in [3.8, 4) is 0 Å². The van der Waals surface area contributed by atoms with Crippen LogP contribution in [-0.4, -0.2) is 43.2 Å². The van der Waals surface area contributed by atoms with Gasteiger partial charge in [-0.25, -0.2) is 4.79 Å². The van der Waals surface area contributed by atoms with Gasteiger partial charge in [-0.1, -0.05) is 23.7 Å². The van der Waals surface area contributed by atoms with Gasteiger partial charge in [-0.05, 0) is 49.7 Å². The van der Waals surface area contributed by atoms with E-state index in [1.54, 1.807) is 31.2 Å². The molecule has 0 aliphatic carbocycles. The Morgan fingerprint density at radius 3 is 2.61 bits per heavy atom. The van der Waals surface area contributed by atoms with E-state index in [1.807, 2.05) is 0 Å². The minimum atomic E-state index is -4.42. The minimum Gasteiger partial charge on any atom is -0.461 e. The van der Waals surface area contributed by atoms with Crippen LogP contribution in [0.2, 0.25) is 5.02 Å². The summed E-state index contributed by atoms with van der Waals surface area (Å²) in [6.45, 7) is 3.18. The van der Waals surface area contributed by atoms with E-state index < -0.39 is 28.0 Å². The number of hydrogen-bond acceptors (Lipinski definition) is 8. The first-order valence-electron chi connectivity index (χ1n) is 8.96. The summed E-state index contributed by atoms with van der Waals surface area (Å²) in [5.41, 5.74) is 0.544. The number of nitrogens with zero attached hydrogens (tertiary/aromatic N) is 4. The lowest BCUT2D eigenvalue weighted by Gasteiger charge is -2.15. The van der Waals surface area contributed by atoms with Gasteiger partial charge in [0.25, 0.3) is 16.0 Å². The van der Waals surface area contributed by atoms with Gasteiger partial charge in [0.05, 0.1) is 22.2 Å². The Labute approximate surface area is 182 Å². The van der Waals surface area contributed by atoms with E-state index in [9.17, 15) is 22.6 Å². The molecule has 1 aliphatic heterocycles. The van der Waals surface area contributed by atoms with Crippen molar-refractivity contribution in [3.63, 3.8) is 0 Å². The number of amides is 1. The predicted molar refractivity (Wildman–Crippen MR) is 112 cm³/mol. The molecule has 10 nitrogen and oxygen atoms in total. The van der Waals surface area contributed by atoms with Gasteiger partial charge >= 0.3 is 5.97 Å². The SMILES string of the molecule is CCOC(=O)C1=NN(c2ccc(S(=O)(=O)O)cc2C)C(=O)C1N=Nc1ccccc1Cl. The third-order valence-electron chi connectivity index (χ3n) is 4.22. The van der Waals surface area contributed by atoms with Crippen LogP contribution in [0.4, 0.5) is 11.4 Å². The third-order valence-corrected chi connectivity index (χ3v) is 5.39. The highest BCUT2D eigenvalue weighted by Gasteiger charge is 2.42. The lowest BCUT2D eigenvalue weighted by Crippen LogP contribution is -2.34. The summed E-state index contributed by atoms with van der Waals surface area (Å²) in [5.74, 6) is -1.53. The molecule has 2 aromatic carbocycles. The standard InChI is InChI=1S/C19H17ClN4O6S/c1-3-30-19(26)17-16(22-21-14-7-5-4-6-13(14)20)18(25)24(23-17)15-9-8-12(10-11(15)2)31(27,28)29/h4-10,16H,3H2,1-2H3,(H,27,28,29). The molecule has 0 radical (unpaired) electrons. The minimum absolute atomic E-state index is 0.0580. The summed E-state index contributed by atoms with van der Waals surface area (Å²) >= 11 is 6.05. The molecule has 0 saturated carbocycles. The van der Waals surface area contributed by atoms with E-state index in [2.05, 4.69) is 15.3 Å². The molecule has 162 valence electrons. The molecule has 31 heavy (non-hydrogen) atoms. The highest BCUT2D eigenvalue weighted by atomic mass is 35.5. The van der Waals surface area contributed by atoms with Gasteiger partial charge in [0, 0.05) is 0 Å². The molecule has 1 N–H and O–H groups in total. The van der Waals surface area contributed by atoms with Gasteiger partial charge < -0.3 is 4.74 Å². The first kappa shape index (κ1) is 22.5. The van der Waals surface area contributed by atoms with Crippen LogP contribution in [0.3, 0.4) is 0 Å². The molecule has 12 heteroatoms. The highest BCUT2D eigenvalue weighted by molar-refractivity contribution is 7.85. The molecule has 3 rings (SSSR count). The van der Waals surface area contributed by atoms with E-state index >= 15 is 0 Å². The number of carbonyl (C=O) groups is 2. The van der Waals surface area contributed by atoms with Crippen molar-refractivity contribution in [2.45, 2.75) is 24.8 Å². The number of hydrogen-bond donors (Lipinski definition) is 1. The van der Waals surface area contributed by atoms with Crippen LogP contribution in [-0.2, 0) is 24.4 Å². The largest absolute Gasteiger partial charge is 0.461 e. The van der Waals surface area contributed by atoms with Crippen molar-refractivity contribution >= 4 is 50.7 Å². The van der Waals surface area contributed by atoms with Gasteiger partial charge in [0.1, 0.15) is 5.69 Å². The Hall–Kier alpha value is -3.15. The van der Waals surface area contributed by atoms with E-state index in [1.165, 1.54) is 19.1 Å². The maximum atomic E-state index is 13.0. The van der Waals surface area contributed by atoms with Gasteiger partial charge in [-0.2, -0.15) is 28.8 Å². The van der Waals surface area contributed by atoms with Crippen LogP contribution in [0, 0.1) is 6.92 Å². The van der Waals surface area contributed by atoms with Crippen molar-refractivity contribution in [1.82, 2.24) is 0 Å². The quantitative estimate of drug-likeness (QED) is 0.395. The van der Waals surface area contributed by atoms with Gasteiger partial charge in [-0.3, -0.25) is 9.35 Å². The number of carbonyl (C=O) groups excluding carboxylic acids is 2. The number of rotatable bonds is 6. The number of benzene rings is 2. The van der Waals surface area contributed by atoms with Crippen LogP contribution in [0.5, 0.6) is 0 Å². The molecule has 1 heterocycles. The Morgan fingerprint density at radius 1 is 1.29 bits per heavy atom. The van der Waals surface area contributed by atoms with Crippen LogP contribution in [0.15, 0.2) is 62.7 Å². The van der Waals surface area contributed by atoms with E-state index in [4.69, 9.17) is 16.3 Å². The number of ether oxygens (including phenoxy) is 1. The molecule has 0 saturated heterocycles. The molecular formula is C19H17ClN4O6S. The Morgan fingerprint density at radius 2 is 2.00 bits per heavy atom. The molecule has 0 fully saturated rings. The van der Waals surface area contributed by atoms with Crippen molar-refractivity contribution in [1.29, 1.82) is 0 Å². The Bertz CT molecular complexity index is 1210. The lowest BCUT2D eigenvalue weighted by molar-refractivity contribution is -0.135. The van der Waals surface area contributed by atoms with Gasteiger partial charge in [0.15, 0.2) is 5.71 Å². The molecular weight excluding hydrogens is 448 g/mol. The molecule has 0 spiro atoms. The fraction of sp³-hybridized carbons (Fsp3) is 0.211. The Kier molecular flexibility index (Phi) is 6.48. The van der Waals surface area contributed by atoms with Crippen LogP contribution in [0.25, 0.3) is 0 Å². The zero-order chi connectivity index (χ0) is 22.8. The highest BCUT2D eigenvalue weighted by Crippen LogP contribution is 2.30. The molecule has 0 bridgehead atoms. The second-order valence-electron chi connectivity index (χ2n) is 6.35. The normalized spacial score (nSPS) is 16.6. The molecule has 1 amide bonds. The summed E-state index contributed by atoms with van der Waals surface area (Å²) in [4.78, 5) is 25.0. The van der Waals surface area contributed by atoms with Gasteiger partial charge in [0.2, 0.25) is 6.04 Å². The number of anilines is 1. The molecule has 1 aliphatic rings.